The van der Waals surface area contributed by atoms with Crippen LogP contribution in [0.5, 0.6) is 5.75 Å². The van der Waals surface area contributed by atoms with Gasteiger partial charge < -0.3 is 19.5 Å². The summed E-state index contributed by atoms with van der Waals surface area (Å²) in [4.78, 5) is 24.8. The molecule has 1 atom stereocenters. The van der Waals surface area contributed by atoms with E-state index in [0.717, 1.165) is 12.8 Å². The Morgan fingerprint density at radius 2 is 2.00 bits per heavy atom. The van der Waals surface area contributed by atoms with Crippen LogP contribution in [0.25, 0.3) is 0 Å². The number of carbonyl (C=O) groups excluding carboxylic acids is 2. The van der Waals surface area contributed by atoms with Crippen molar-refractivity contribution >= 4 is 17.6 Å². The first-order valence-electron chi connectivity index (χ1n) is 8.66. The molecule has 138 valence electrons. The van der Waals surface area contributed by atoms with Gasteiger partial charge in [-0.3, -0.25) is 4.79 Å². The van der Waals surface area contributed by atoms with E-state index in [4.69, 9.17) is 14.2 Å². The van der Waals surface area contributed by atoms with Gasteiger partial charge in [-0.05, 0) is 64.7 Å². The van der Waals surface area contributed by atoms with Crippen LogP contribution in [0.4, 0.5) is 5.69 Å². The zero-order valence-electron chi connectivity index (χ0n) is 15.5. The summed E-state index contributed by atoms with van der Waals surface area (Å²) in [6, 6.07) is 4.96. The minimum atomic E-state index is -0.864. The van der Waals surface area contributed by atoms with Crippen molar-refractivity contribution in [3.05, 3.63) is 23.8 Å². The van der Waals surface area contributed by atoms with Gasteiger partial charge >= 0.3 is 5.97 Å². The lowest BCUT2D eigenvalue weighted by molar-refractivity contribution is -0.138. The van der Waals surface area contributed by atoms with Gasteiger partial charge in [-0.25, -0.2) is 4.79 Å². The molecule has 6 heteroatoms. The van der Waals surface area contributed by atoms with Crippen LogP contribution in [-0.4, -0.2) is 37.3 Å². The molecule has 2 rings (SSSR count). The number of hydrogen-bond donors (Lipinski definition) is 1. The van der Waals surface area contributed by atoms with Gasteiger partial charge in [0.2, 0.25) is 0 Å². The number of carbonyl (C=O) groups is 2. The third-order valence-corrected chi connectivity index (χ3v) is 4.33. The van der Waals surface area contributed by atoms with Crippen LogP contribution in [0.2, 0.25) is 0 Å². The first-order chi connectivity index (χ1) is 11.8. The summed E-state index contributed by atoms with van der Waals surface area (Å²) >= 11 is 0. The molecule has 0 aliphatic heterocycles. The van der Waals surface area contributed by atoms with Gasteiger partial charge in [0, 0.05) is 12.8 Å². The molecule has 1 aliphatic rings. The van der Waals surface area contributed by atoms with Crippen LogP contribution >= 0.6 is 0 Å². The van der Waals surface area contributed by atoms with Crippen LogP contribution in [0, 0.1) is 5.92 Å². The standard InChI is InChI=1S/C19H27NO5/c1-6-24-17(21)15-11-14(9-10-16(15)25-12(2)3)20-18(22)19(4,23-5)13-7-8-13/h9-13H,6-8H2,1-5H3,(H,20,22). The topological polar surface area (TPSA) is 73.9 Å². The smallest absolute Gasteiger partial charge is 0.341 e. The van der Waals surface area contributed by atoms with Crippen LogP contribution in [0.3, 0.4) is 0 Å². The van der Waals surface area contributed by atoms with E-state index in [2.05, 4.69) is 5.32 Å². The van der Waals surface area contributed by atoms with Crippen molar-refractivity contribution < 1.29 is 23.8 Å². The Morgan fingerprint density at radius 3 is 2.52 bits per heavy atom. The highest BCUT2D eigenvalue weighted by Crippen LogP contribution is 2.42. The van der Waals surface area contributed by atoms with Gasteiger partial charge in [-0.15, -0.1) is 0 Å². The number of esters is 1. The average molecular weight is 349 g/mol. The molecule has 0 saturated heterocycles. The van der Waals surface area contributed by atoms with Crippen molar-refractivity contribution in [1.29, 1.82) is 0 Å². The van der Waals surface area contributed by atoms with Crippen LogP contribution < -0.4 is 10.1 Å². The van der Waals surface area contributed by atoms with Crippen molar-refractivity contribution in [3.8, 4) is 5.75 Å². The molecule has 1 aromatic rings. The molecule has 6 nitrogen and oxygen atoms in total. The van der Waals surface area contributed by atoms with E-state index in [0.29, 0.717) is 17.0 Å². The van der Waals surface area contributed by atoms with Gasteiger partial charge in [0.1, 0.15) is 16.9 Å². The van der Waals surface area contributed by atoms with Crippen molar-refractivity contribution in [2.45, 2.75) is 52.2 Å². The molecule has 25 heavy (non-hydrogen) atoms. The summed E-state index contributed by atoms with van der Waals surface area (Å²) in [5.41, 5.74) is -0.0658. The summed E-state index contributed by atoms with van der Waals surface area (Å²) < 4.78 is 16.2. The number of ether oxygens (including phenoxy) is 3. The summed E-state index contributed by atoms with van der Waals surface area (Å²) in [6.45, 7) is 7.56. The maximum atomic E-state index is 12.6. The predicted molar refractivity (Wildman–Crippen MR) is 94.9 cm³/mol. The van der Waals surface area contributed by atoms with E-state index in [1.807, 2.05) is 13.8 Å². The molecule has 1 unspecified atom stereocenters. The Balaban J connectivity index is 2.24. The first-order valence-corrected chi connectivity index (χ1v) is 8.66. The van der Waals surface area contributed by atoms with Crippen LogP contribution in [-0.2, 0) is 14.3 Å². The van der Waals surface area contributed by atoms with E-state index >= 15 is 0 Å². The summed E-state index contributed by atoms with van der Waals surface area (Å²) in [5.74, 6) is -0.0375. The number of nitrogens with one attached hydrogen (secondary N) is 1. The molecular formula is C19H27NO5. The van der Waals surface area contributed by atoms with Crippen LogP contribution in [0.1, 0.15) is 50.9 Å². The van der Waals surface area contributed by atoms with E-state index in [1.165, 1.54) is 0 Å². The highest BCUT2D eigenvalue weighted by molar-refractivity contribution is 6.00. The van der Waals surface area contributed by atoms with E-state index in [1.54, 1.807) is 39.2 Å². The highest BCUT2D eigenvalue weighted by Gasteiger charge is 2.47. The SMILES string of the molecule is CCOC(=O)c1cc(NC(=O)C(C)(OC)C2CC2)ccc1OC(C)C. The van der Waals surface area contributed by atoms with Crippen molar-refractivity contribution in [2.24, 2.45) is 5.92 Å². The minimum absolute atomic E-state index is 0.0831. The molecule has 0 aromatic heterocycles. The Morgan fingerprint density at radius 1 is 1.32 bits per heavy atom. The number of hydrogen-bond acceptors (Lipinski definition) is 5. The van der Waals surface area contributed by atoms with Gasteiger partial charge in [-0.1, -0.05) is 0 Å². The van der Waals surface area contributed by atoms with Crippen molar-refractivity contribution in [1.82, 2.24) is 0 Å². The molecule has 0 bridgehead atoms. The van der Waals surface area contributed by atoms with E-state index in [-0.39, 0.29) is 24.5 Å². The van der Waals surface area contributed by atoms with Gasteiger partial charge in [0.15, 0.2) is 0 Å². The Labute approximate surface area is 148 Å². The lowest BCUT2D eigenvalue weighted by atomic mass is 9.99. The molecule has 0 radical (unpaired) electrons. The lowest BCUT2D eigenvalue weighted by Crippen LogP contribution is -2.44. The number of rotatable bonds is 8. The maximum Gasteiger partial charge on any atom is 0.341 e. The zero-order chi connectivity index (χ0) is 18.6. The number of anilines is 1. The Kier molecular flexibility index (Phi) is 6.06. The number of amides is 1. The van der Waals surface area contributed by atoms with Crippen LogP contribution in [0.15, 0.2) is 18.2 Å². The second-order valence-electron chi connectivity index (χ2n) is 6.64. The molecule has 0 heterocycles. The molecule has 1 amide bonds. The molecule has 1 aromatic carbocycles. The number of methoxy groups -OCH3 is 1. The van der Waals surface area contributed by atoms with Crippen molar-refractivity contribution in [2.75, 3.05) is 19.0 Å². The first kappa shape index (κ1) is 19.2. The van der Waals surface area contributed by atoms with E-state index < -0.39 is 11.6 Å². The largest absolute Gasteiger partial charge is 0.490 e. The fourth-order valence-corrected chi connectivity index (χ4v) is 2.67. The minimum Gasteiger partial charge on any atom is -0.490 e. The van der Waals surface area contributed by atoms with Gasteiger partial charge in [-0.2, -0.15) is 0 Å². The molecule has 1 N–H and O–H groups in total. The predicted octanol–water partition coefficient (Wildman–Crippen LogP) is 3.40. The molecular weight excluding hydrogens is 322 g/mol. The van der Waals surface area contributed by atoms with Crippen molar-refractivity contribution in [3.63, 3.8) is 0 Å². The Bertz CT molecular complexity index is 639. The fourth-order valence-electron chi connectivity index (χ4n) is 2.67. The molecule has 1 fully saturated rings. The average Bonchev–Trinajstić information content (AvgIpc) is 3.40. The summed E-state index contributed by atoms with van der Waals surface area (Å²) in [6.07, 6.45) is 1.88. The van der Waals surface area contributed by atoms with Gasteiger partial charge in [0.05, 0.1) is 12.7 Å². The Hall–Kier alpha value is -2.08. The second kappa shape index (κ2) is 7.87. The lowest BCUT2D eigenvalue weighted by Gasteiger charge is -2.27. The summed E-state index contributed by atoms with van der Waals surface area (Å²) in [5, 5.41) is 2.85. The molecule has 0 spiro atoms. The second-order valence-corrected chi connectivity index (χ2v) is 6.64. The number of benzene rings is 1. The van der Waals surface area contributed by atoms with Gasteiger partial charge in [0.25, 0.3) is 5.91 Å². The molecule has 1 saturated carbocycles. The fraction of sp³-hybridized carbons (Fsp3) is 0.579. The highest BCUT2D eigenvalue weighted by atomic mass is 16.5. The van der Waals surface area contributed by atoms with E-state index in [9.17, 15) is 9.59 Å². The third kappa shape index (κ3) is 4.51. The zero-order valence-corrected chi connectivity index (χ0v) is 15.5. The summed E-state index contributed by atoms with van der Waals surface area (Å²) in [7, 11) is 1.54. The molecule has 1 aliphatic carbocycles. The third-order valence-electron chi connectivity index (χ3n) is 4.33. The monoisotopic (exact) mass is 349 g/mol. The quantitative estimate of drug-likeness (QED) is 0.728. The normalized spacial score (nSPS) is 16.2. The maximum absolute atomic E-state index is 12.6.